The average molecular weight is 268 g/mol. The van der Waals surface area contributed by atoms with Crippen LogP contribution in [0.2, 0.25) is 0 Å². The molecule has 1 rings (SSSR count). The molecule has 0 saturated heterocycles. The van der Waals surface area contributed by atoms with Crippen LogP contribution in [0.1, 0.15) is 66.7 Å². The third-order valence-corrected chi connectivity index (χ3v) is 4.39. The van der Waals surface area contributed by atoms with Crippen LogP contribution in [0.4, 0.5) is 0 Å². The fraction of sp³-hybridized carbons (Fsp3) is 0.938. The van der Waals surface area contributed by atoms with Crippen LogP contribution < -0.4 is 10.6 Å². The predicted molar refractivity (Wildman–Crippen MR) is 81.1 cm³/mol. The molecule has 1 amide bonds. The topological polar surface area (TPSA) is 41.1 Å². The first-order valence-corrected chi connectivity index (χ1v) is 8.02. The summed E-state index contributed by atoms with van der Waals surface area (Å²) in [6, 6.07) is 0.741. The molecule has 0 aliphatic heterocycles. The first-order valence-electron chi connectivity index (χ1n) is 8.02. The van der Waals surface area contributed by atoms with Gasteiger partial charge in [-0.2, -0.15) is 0 Å². The van der Waals surface area contributed by atoms with Gasteiger partial charge in [-0.3, -0.25) is 4.79 Å². The summed E-state index contributed by atoms with van der Waals surface area (Å²) in [5, 5.41) is 6.65. The van der Waals surface area contributed by atoms with E-state index in [0.29, 0.717) is 12.1 Å². The van der Waals surface area contributed by atoms with Gasteiger partial charge in [-0.1, -0.05) is 27.7 Å². The minimum atomic E-state index is -0.0805. The average Bonchev–Trinajstić information content (AvgIpc) is 2.34. The van der Waals surface area contributed by atoms with Gasteiger partial charge >= 0.3 is 0 Å². The fourth-order valence-corrected chi connectivity index (χ4v) is 3.33. The summed E-state index contributed by atoms with van der Waals surface area (Å²) in [6.45, 7) is 10.9. The molecule has 0 spiro atoms. The summed E-state index contributed by atoms with van der Waals surface area (Å²) in [6.07, 6.45) is 5.74. The number of carbonyl (C=O) groups is 1. The van der Waals surface area contributed by atoms with E-state index >= 15 is 0 Å². The normalized spacial score (nSPS) is 29.3. The van der Waals surface area contributed by atoms with Crippen LogP contribution in [0, 0.1) is 11.8 Å². The van der Waals surface area contributed by atoms with Gasteiger partial charge in [0.25, 0.3) is 0 Å². The quantitative estimate of drug-likeness (QED) is 0.777. The summed E-state index contributed by atoms with van der Waals surface area (Å²) in [5.41, 5.74) is 0. The Morgan fingerprint density at radius 1 is 1.11 bits per heavy atom. The molecular formula is C16H32N2O. The van der Waals surface area contributed by atoms with E-state index in [1.54, 1.807) is 0 Å². The highest BCUT2D eigenvalue weighted by Crippen LogP contribution is 2.28. The van der Waals surface area contributed by atoms with Crippen LogP contribution in [0.25, 0.3) is 0 Å². The van der Waals surface area contributed by atoms with Crippen LogP contribution in [0.5, 0.6) is 0 Å². The molecule has 1 aliphatic carbocycles. The predicted octanol–water partition coefficient (Wildman–Crippen LogP) is 3.09. The van der Waals surface area contributed by atoms with Crippen molar-refractivity contribution in [2.75, 3.05) is 0 Å². The van der Waals surface area contributed by atoms with E-state index in [4.69, 9.17) is 0 Å². The molecule has 0 bridgehead atoms. The van der Waals surface area contributed by atoms with E-state index < -0.39 is 0 Å². The Balaban J connectivity index is 2.40. The molecule has 0 aromatic carbocycles. The van der Waals surface area contributed by atoms with E-state index in [1.807, 2.05) is 6.92 Å². The lowest BCUT2D eigenvalue weighted by atomic mass is 9.80. The molecule has 0 heterocycles. The summed E-state index contributed by atoms with van der Waals surface area (Å²) in [4.78, 5) is 12.1. The zero-order valence-corrected chi connectivity index (χ0v) is 13.3. The summed E-state index contributed by atoms with van der Waals surface area (Å²) >= 11 is 0. The van der Waals surface area contributed by atoms with Crippen molar-refractivity contribution in [3.8, 4) is 0 Å². The summed E-state index contributed by atoms with van der Waals surface area (Å²) in [7, 11) is 0. The smallest absolute Gasteiger partial charge is 0.237 e. The van der Waals surface area contributed by atoms with Crippen LogP contribution >= 0.6 is 0 Å². The van der Waals surface area contributed by atoms with Crippen molar-refractivity contribution < 1.29 is 4.79 Å². The monoisotopic (exact) mass is 268 g/mol. The number of hydrogen-bond acceptors (Lipinski definition) is 2. The first kappa shape index (κ1) is 16.5. The Morgan fingerprint density at radius 3 is 2.11 bits per heavy atom. The highest BCUT2D eigenvalue weighted by Gasteiger charge is 2.26. The molecule has 3 unspecified atom stereocenters. The van der Waals surface area contributed by atoms with Crippen molar-refractivity contribution in [3.05, 3.63) is 0 Å². The van der Waals surface area contributed by atoms with Gasteiger partial charge in [-0.25, -0.2) is 0 Å². The Labute approximate surface area is 118 Å². The zero-order chi connectivity index (χ0) is 14.4. The van der Waals surface area contributed by atoms with Crippen LogP contribution in [-0.4, -0.2) is 24.0 Å². The number of rotatable bonds is 6. The lowest BCUT2D eigenvalue weighted by Gasteiger charge is -2.34. The lowest BCUT2D eigenvalue weighted by molar-refractivity contribution is -0.123. The summed E-state index contributed by atoms with van der Waals surface area (Å²) < 4.78 is 0. The van der Waals surface area contributed by atoms with Crippen LogP contribution in [0.3, 0.4) is 0 Å². The molecule has 0 aromatic heterocycles. The van der Waals surface area contributed by atoms with Crippen molar-refractivity contribution in [1.29, 1.82) is 0 Å². The first-order chi connectivity index (χ1) is 8.96. The van der Waals surface area contributed by atoms with Crippen molar-refractivity contribution >= 4 is 5.91 Å². The van der Waals surface area contributed by atoms with E-state index in [-0.39, 0.29) is 11.9 Å². The lowest BCUT2D eigenvalue weighted by Crippen LogP contribution is -2.50. The van der Waals surface area contributed by atoms with Gasteiger partial charge in [0.15, 0.2) is 0 Å². The second-order valence-electron chi connectivity index (χ2n) is 6.52. The second kappa shape index (κ2) is 7.88. The maximum Gasteiger partial charge on any atom is 0.237 e. The highest BCUT2D eigenvalue weighted by atomic mass is 16.2. The number of amides is 1. The molecule has 112 valence electrons. The molecule has 3 heteroatoms. The Kier molecular flexibility index (Phi) is 6.84. The molecule has 3 nitrogen and oxygen atoms in total. The zero-order valence-electron chi connectivity index (χ0n) is 13.3. The standard InChI is InChI=1S/C16H32N2O/c1-6-14(7-2)18-16(19)13(5)17-15-9-11(3)8-12(4)10-15/h11-15,17H,6-10H2,1-5H3,(H,18,19). The van der Waals surface area contributed by atoms with Crippen LogP contribution in [-0.2, 0) is 4.79 Å². The second-order valence-corrected chi connectivity index (χ2v) is 6.52. The van der Waals surface area contributed by atoms with Gasteiger partial charge in [-0.05, 0) is 50.9 Å². The largest absolute Gasteiger partial charge is 0.352 e. The Morgan fingerprint density at radius 2 is 1.63 bits per heavy atom. The maximum absolute atomic E-state index is 12.1. The van der Waals surface area contributed by atoms with Gasteiger partial charge in [0.05, 0.1) is 6.04 Å². The minimum absolute atomic E-state index is 0.0805. The maximum atomic E-state index is 12.1. The fourth-order valence-electron chi connectivity index (χ4n) is 3.33. The van der Waals surface area contributed by atoms with Crippen molar-refractivity contribution in [3.63, 3.8) is 0 Å². The molecule has 3 atom stereocenters. The molecule has 1 aliphatic rings. The van der Waals surface area contributed by atoms with Crippen molar-refractivity contribution in [1.82, 2.24) is 10.6 Å². The van der Waals surface area contributed by atoms with Crippen LogP contribution in [0.15, 0.2) is 0 Å². The van der Waals surface area contributed by atoms with E-state index in [9.17, 15) is 4.79 Å². The van der Waals surface area contributed by atoms with Gasteiger partial charge < -0.3 is 10.6 Å². The Bertz CT molecular complexity index is 266. The molecular weight excluding hydrogens is 236 g/mol. The minimum Gasteiger partial charge on any atom is -0.352 e. The summed E-state index contributed by atoms with van der Waals surface area (Å²) in [5.74, 6) is 1.70. The molecule has 1 fully saturated rings. The number of hydrogen-bond donors (Lipinski definition) is 2. The SMILES string of the molecule is CCC(CC)NC(=O)C(C)NC1CC(C)CC(C)C1. The van der Waals surface area contributed by atoms with Crippen molar-refractivity contribution in [2.24, 2.45) is 11.8 Å². The highest BCUT2D eigenvalue weighted by molar-refractivity contribution is 5.81. The number of nitrogens with one attached hydrogen (secondary N) is 2. The van der Waals surface area contributed by atoms with E-state index in [2.05, 4.69) is 38.3 Å². The van der Waals surface area contributed by atoms with Gasteiger partial charge in [-0.15, -0.1) is 0 Å². The molecule has 0 radical (unpaired) electrons. The molecule has 2 N–H and O–H groups in total. The third-order valence-electron chi connectivity index (χ3n) is 4.39. The van der Waals surface area contributed by atoms with Gasteiger partial charge in [0.1, 0.15) is 0 Å². The molecule has 1 saturated carbocycles. The van der Waals surface area contributed by atoms with Gasteiger partial charge in [0, 0.05) is 12.1 Å². The molecule has 19 heavy (non-hydrogen) atoms. The van der Waals surface area contributed by atoms with Gasteiger partial charge in [0.2, 0.25) is 5.91 Å². The Hall–Kier alpha value is -0.570. The van der Waals surface area contributed by atoms with E-state index in [0.717, 1.165) is 24.7 Å². The van der Waals surface area contributed by atoms with Crippen molar-refractivity contribution in [2.45, 2.75) is 84.8 Å². The third kappa shape index (κ3) is 5.52. The van der Waals surface area contributed by atoms with E-state index in [1.165, 1.54) is 19.3 Å². The number of carbonyl (C=O) groups excluding carboxylic acids is 1. The molecule has 0 aromatic rings.